The second-order valence-corrected chi connectivity index (χ2v) is 12.6. The fourth-order valence-electron chi connectivity index (χ4n) is 9.52. The fourth-order valence-corrected chi connectivity index (χ4v) is 9.52. The first-order valence-corrected chi connectivity index (χ1v) is 13.3. The van der Waals surface area contributed by atoms with Crippen LogP contribution in [-0.2, 0) is 0 Å². The first-order chi connectivity index (χ1) is 14.2. The van der Waals surface area contributed by atoms with Crippen molar-refractivity contribution in [3.63, 3.8) is 0 Å². The van der Waals surface area contributed by atoms with Gasteiger partial charge in [0.15, 0.2) is 0 Å². The number of fused-ring (bicyclic) bond motifs is 5. The Hall–Kier alpha value is -0.720. The van der Waals surface area contributed by atoms with E-state index in [-0.39, 0.29) is 0 Å². The molecule has 0 amide bonds. The molecule has 4 aliphatic rings. The van der Waals surface area contributed by atoms with Crippen molar-refractivity contribution < 1.29 is 5.11 Å². The van der Waals surface area contributed by atoms with E-state index < -0.39 is 0 Å². The Labute approximate surface area is 186 Å². The molecule has 1 nitrogen and oxygen atoms in total. The van der Waals surface area contributed by atoms with Gasteiger partial charge in [-0.05, 0) is 109 Å². The maximum atomic E-state index is 10.8. The third-order valence-electron chi connectivity index (χ3n) is 11.0. The highest BCUT2D eigenvalue weighted by Gasteiger charge is 2.60. The molecule has 0 spiro atoms. The predicted molar refractivity (Wildman–Crippen MR) is 128 cm³/mol. The van der Waals surface area contributed by atoms with Gasteiger partial charge in [-0.2, -0.15) is 0 Å². The Morgan fingerprint density at radius 3 is 2.37 bits per heavy atom. The van der Waals surface area contributed by atoms with Gasteiger partial charge in [0.2, 0.25) is 0 Å². The van der Waals surface area contributed by atoms with E-state index in [2.05, 4.69) is 41.2 Å². The van der Waals surface area contributed by atoms with Crippen LogP contribution in [0.3, 0.4) is 0 Å². The second kappa shape index (κ2) is 8.32. The third kappa shape index (κ3) is 3.51. The van der Waals surface area contributed by atoms with Gasteiger partial charge < -0.3 is 5.11 Å². The quantitative estimate of drug-likeness (QED) is 0.353. The molecule has 1 heteroatoms. The predicted octanol–water partition coefficient (Wildman–Crippen LogP) is 8.72. The van der Waals surface area contributed by atoms with E-state index in [1.807, 2.05) is 6.08 Å². The van der Waals surface area contributed by atoms with Gasteiger partial charge >= 0.3 is 0 Å². The molecule has 1 N–H and O–H groups in total. The Bertz CT molecular complexity index is 674. The summed E-state index contributed by atoms with van der Waals surface area (Å²) >= 11 is 0. The number of aliphatic hydroxyl groups excluding tert-OH is 1. The molecule has 170 valence electrons. The second-order valence-electron chi connectivity index (χ2n) is 12.6. The third-order valence-corrected chi connectivity index (χ3v) is 11.0. The molecule has 0 saturated heterocycles. The van der Waals surface area contributed by atoms with E-state index in [1.54, 1.807) is 0 Å². The van der Waals surface area contributed by atoms with E-state index in [0.717, 1.165) is 41.6 Å². The topological polar surface area (TPSA) is 20.2 Å². The number of hydrogen-bond donors (Lipinski definition) is 1. The van der Waals surface area contributed by atoms with Crippen molar-refractivity contribution >= 4 is 0 Å². The lowest BCUT2D eigenvalue weighted by molar-refractivity contribution is -0.114. The Kier molecular flexibility index (Phi) is 6.24. The van der Waals surface area contributed by atoms with Crippen molar-refractivity contribution in [2.24, 2.45) is 52.3 Å². The van der Waals surface area contributed by atoms with Gasteiger partial charge in [-0.1, -0.05) is 60.1 Å². The maximum Gasteiger partial charge on any atom is 0.0959 e. The SMILES string of the molecule is C=CC(=C(O)C[C@@H](C)[C@H]1CC[C@H]2[C@@H]3CCC4CCCC[C@]4(C)[C@H]3CC[C@]12C)C(C)C. The van der Waals surface area contributed by atoms with Crippen molar-refractivity contribution in [1.29, 1.82) is 0 Å². The summed E-state index contributed by atoms with van der Waals surface area (Å²) in [6.07, 6.45) is 17.4. The first kappa shape index (κ1) is 22.5. The molecule has 0 radical (unpaired) electrons. The maximum absolute atomic E-state index is 10.8. The lowest BCUT2D eigenvalue weighted by Crippen LogP contribution is -2.53. The first-order valence-electron chi connectivity index (χ1n) is 13.3. The molecule has 0 aliphatic heterocycles. The minimum absolute atomic E-state index is 0.350. The van der Waals surface area contributed by atoms with Crippen LogP contribution in [0.1, 0.15) is 105 Å². The van der Waals surface area contributed by atoms with Crippen LogP contribution in [0.5, 0.6) is 0 Å². The summed E-state index contributed by atoms with van der Waals surface area (Å²) in [6.45, 7) is 16.0. The van der Waals surface area contributed by atoms with Crippen LogP contribution in [0.4, 0.5) is 0 Å². The van der Waals surface area contributed by atoms with Gasteiger partial charge in [0.05, 0.1) is 5.76 Å². The highest BCUT2D eigenvalue weighted by atomic mass is 16.3. The molecule has 0 heterocycles. The molecule has 1 unspecified atom stereocenters. The smallest absolute Gasteiger partial charge is 0.0959 e. The zero-order valence-electron chi connectivity index (χ0n) is 20.6. The van der Waals surface area contributed by atoms with Crippen molar-refractivity contribution in [3.8, 4) is 0 Å². The summed E-state index contributed by atoms with van der Waals surface area (Å²) in [5, 5.41) is 10.8. The molecule has 4 saturated carbocycles. The van der Waals surface area contributed by atoms with E-state index >= 15 is 0 Å². The van der Waals surface area contributed by atoms with Crippen LogP contribution in [0.25, 0.3) is 0 Å². The average molecular weight is 413 g/mol. The summed E-state index contributed by atoms with van der Waals surface area (Å²) in [5.41, 5.74) is 2.18. The Morgan fingerprint density at radius 1 is 0.933 bits per heavy atom. The molecule has 4 rings (SSSR count). The highest BCUT2D eigenvalue weighted by Crippen LogP contribution is 2.68. The lowest BCUT2D eigenvalue weighted by Gasteiger charge is -2.61. The molecular formula is C29H48O. The minimum atomic E-state index is 0.350. The molecule has 0 aromatic heterocycles. The number of aliphatic hydroxyl groups is 1. The van der Waals surface area contributed by atoms with Crippen LogP contribution >= 0.6 is 0 Å². The molecule has 0 aromatic rings. The molecule has 4 aliphatic carbocycles. The molecule has 0 bridgehead atoms. The van der Waals surface area contributed by atoms with Crippen LogP contribution in [-0.4, -0.2) is 5.11 Å². The van der Waals surface area contributed by atoms with Gasteiger partial charge in [-0.3, -0.25) is 0 Å². The normalized spacial score (nSPS) is 45.2. The zero-order chi connectivity index (χ0) is 21.7. The van der Waals surface area contributed by atoms with E-state index in [9.17, 15) is 5.11 Å². The summed E-state index contributed by atoms with van der Waals surface area (Å²) in [4.78, 5) is 0. The molecular weight excluding hydrogens is 364 g/mol. The minimum Gasteiger partial charge on any atom is -0.512 e. The molecule has 8 atom stereocenters. The molecule has 30 heavy (non-hydrogen) atoms. The Morgan fingerprint density at radius 2 is 1.67 bits per heavy atom. The van der Waals surface area contributed by atoms with Gasteiger partial charge in [-0.15, -0.1) is 0 Å². The van der Waals surface area contributed by atoms with Crippen LogP contribution in [0.2, 0.25) is 0 Å². The summed E-state index contributed by atoms with van der Waals surface area (Å²) in [5.74, 6) is 6.19. The monoisotopic (exact) mass is 412 g/mol. The van der Waals surface area contributed by atoms with Gasteiger partial charge in [0, 0.05) is 6.42 Å². The summed E-state index contributed by atoms with van der Waals surface area (Å²) < 4.78 is 0. The van der Waals surface area contributed by atoms with Gasteiger partial charge in [0.1, 0.15) is 0 Å². The van der Waals surface area contributed by atoms with Gasteiger partial charge in [0.25, 0.3) is 0 Å². The van der Waals surface area contributed by atoms with Crippen molar-refractivity contribution in [2.45, 2.75) is 105 Å². The molecule has 4 fully saturated rings. The number of hydrogen-bond acceptors (Lipinski definition) is 1. The standard InChI is InChI=1S/C29H48O/c1-7-22(19(2)3)27(30)18-20(4)24-13-14-25-23-12-11-21-10-8-9-16-28(21,5)26(23)15-17-29(24,25)6/h7,19-21,23-26,30H,1,8-18H2,2-6H3/t20-,21?,23+,24-,25+,26+,28+,29-/m1/s1. The number of rotatable bonds is 5. The van der Waals surface area contributed by atoms with Crippen LogP contribution in [0.15, 0.2) is 24.0 Å². The molecule has 0 aromatic carbocycles. The van der Waals surface area contributed by atoms with Crippen molar-refractivity contribution in [2.75, 3.05) is 0 Å². The number of allylic oxidation sites excluding steroid dienone is 3. The van der Waals surface area contributed by atoms with Crippen molar-refractivity contribution in [1.82, 2.24) is 0 Å². The van der Waals surface area contributed by atoms with Crippen LogP contribution in [0, 0.1) is 52.3 Å². The van der Waals surface area contributed by atoms with E-state index in [1.165, 1.54) is 64.2 Å². The summed E-state index contributed by atoms with van der Waals surface area (Å²) in [6, 6.07) is 0. The van der Waals surface area contributed by atoms with Gasteiger partial charge in [-0.25, -0.2) is 0 Å². The average Bonchev–Trinajstić information content (AvgIpc) is 3.05. The van der Waals surface area contributed by atoms with E-state index in [4.69, 9.17) is 0 Å². The van der Waals surface area contributed by atoms with Crippen molar-refractivity contribution in [3.05, 3.63) is 24.0 Å². The highest BCUT2D eigenvalue weighted by molar-refractivity contribution is 5.22. The largest absolute Gasteiger partial charge is 0.512 e. The fraction of sp³-hybridized carbons (Fsp3) is 0.862. The zero-order valence-corrected chi connectivity index (χ0v) is 20.6. The van der Waals surface area contributed by atoms with E-state index in [0.29, 0.717) is 28.4 Å². The summed E-state index contributed by atoms with van der Waals surface area (Å²) in [7, 11) is 0. The Balaban J connectivity index is 1.52. The lowest BCUT2D eigenvalue weighted by atomic mass is 9.44. The van der Waals surface area contributed by atoms with Crippen LogP contribution < -0.4 is 0 Å².